The lowest BCUT2D eigenvalue weighted by Crippen LogP contribution is -2.04. The molecule has 0 spiro atoms. The summed E-state index contributed by atoms with van der Waals surface area (Å²) in [5.41, 5.74) is 2.81. The minimum atomic E-state index is 0.566. The zero-order valence-corrected chi connectivity index (χ0v) is 10.9. The van der Waals surface area contributed by atoms with Gasteiger partial charge >= 0.3 is 0 Å². The van der Waals surface area contributed by atoms with E-state index in [4.69, 9.17) is 4.74 Å². The lowest BCUT2D eigenvalue weighted by molar-refractivity contribution is 0.453. The van der Waals surface area contributed by atoms with Crippen LogP contribution >= 0.6 is 0 Å². The summed E-state index contributed by atoms with van der Waals surface area (Å²) in [5, 5.41) is 3.11. The van der Waals surface area contributed by atoms with Crippen LogP contribution in [0.15, 0.2) is 30.5 Å². The Balaban J connectivity index is 2.22. The molecule has 0 saturated carbocycles. The SMILES string of the molecule is CNCc1cccc(Oc2nc(C)cnc2C)c1. The van der Waals surface area contributed by atoms with Gasteiger partial charge in [0.15, 0.2) is 0 Å². The third-order valence-electron chi connectivity index (χ3n) is 2.53. The largest absolute Gasteiger partial charge is 0.437 e. The van der Waals surface area contributed by atoms with Gasteiger partial charge in [-0.3, -0.25) is 4.98 Å². The van der Waals surface area contributed by atoms with Crippen molar-refractivity contribution in [2.75, 3.05) is 7.05 Å². The topological polar surface area (TPSA) is 47.0 Å². The Labute approximate surface area is 107 Å². The lowest BCUT2D eigenvalue weighted by Gasteiger charge is -2.09. The molecule has 0 atom stereocenters. The van der Waals surface area contributed by atoms with Gasteiger partial charge in [0.25, 0.3) is 0 Å². The van der Waals surface area contributed by atoms with Crippen LogP contribution in [0.4, 0.5) is 0 Å². The van der Waals surface area contributed by atoms with Crippen molar-refractivity contribution in [1.29, 1.82) is 0 Å². The van der Waals surface area contributed by atoms with E-state index in [1.54, 1.807) is 6.20 Å². The van der Waals surface area contributed by atoms with E-state index in [9.17, 15) is 0 Å². The molecule has 18 heavy (non-hydrogen) atoms. The standard InChI is InChI=1S/C14H17N3O/c1-10-8-16-11(2)14(17-10)18-13-6-4-5-12(7-13)9-15-3/h4-8,15H,9H2,1-3H3. The third-order valence-corrected chi connectivity index (χ3v) is 2.53. The van der Waals surface area contributed by atoms with Gasteiger partial charge in [-0.15, -0.1) is 0 Å². The van der Waals surface area contributed by atoms with Crippen LogP contribution < -0.4 is 10.1 Å². The van der Waals surface area contributed by atoms with Crippen LogP contribution in [0.5, 0.6) is 11.6 Å². The molecule has 1 aromatic heterocycles. The molecule has 0 aliphatic carbocycles. The first-order valence-electron chi connectivity index (χ1n) is 5.90. The monoisotopic (exact) mass is 243 g/mol. The first-order valence-corrected chi connectivity index (χ1v) is 5.90. The van der Waals surface area contributed by atoms with Gasteiger partial charge in [-0.2, -0.15) is 0 Å². The molecule has 1 heterocycles. The molecule has 0 amide bonds. The number of rotatable bonds is 4. The smallest absolute Gasteiger partial charge is 0.241 e. The van der Waals surface area contributed by atoms with Gasteiger partial charge < -0.3 is 10.1 Å². The van der Waals surface area contributed by atoms with Gasteiger partial charge in [-0.05, 0) is 38.6 Å². The fourth-order valence-corrected chi connectivity index (χ4v) is 1.65. The normalized spacial score (nSPS) is 10.4. The minimum Gasteiger partial charge on any atom is -0.437 e. The van der Waals surface area contributed by atoms with E-state index >= 15 is 0 Å². The van der Waals surface area contributed by atoms with Crippen LogP contribution in [-0.4, -0.2) is 17.0 Å². The summed E-state index contributed by atoms with van der Waals surface area (Å²) >= 11 is 0. The summed E-state index contributed by atoms with van der Waals surface area (Å²) < 4.78 is 5.78. The van der Waals surface area contributed by atoms with Crippen molar-refractivity contribution in [3.63, 3.8) is 0 Å². The zero-order valence-electron chi connectivity index (χ0n) is 10.9. The molecule has 0 fully saturated rings. The number of nitrogens with zero attached hydrogens (tertiary/aromatic N) is 2. The number of aromatic nitrogens is 2. The Hall–Kier alpha value is -1.94. The number of hydrogen-bond acceptors (Lipinski definition) is 4. The fraction of sp³-hybridized carbons (Fsp3) is 0.286. The molecule has 0 aliphatic rings. The molecule has 0 unspecified atom stereocenters. The summed E-state index contributed by atoms with van der Waals surface area (Å²) in [5.74, 6) is 1.35. The van der Waals surface area contributed by atoms with Crippen molar-refractivity contribution < 1.29 is 4.74 Å². The molecule has 94 valence electrons. The van der Waals surface area contributed by atoms with Crippen LogP contribution in [0.2, 0.25) is 0 Å². The molecule has 0 radical (unpaired) electrons. The van der Waals surface area contributed by atoms with Crippen LogP contribution in [0, 0.1) is 13.8 Å². The highest BCUT2D eigenvalue weighted by Gasteiger charge is 2.05. The Morgan fingerprint density at radius 3 is 2.89 bits per heavy atom. The van der Waals surface area contributed by atoms with Crippen LogP contribution in [0.25, 0.3) is 0 Å². The highest BCUT2D eigenvalue weighted by Crippen LogP contribution is 2.22. The molecule has 1 N–H and O–H groups in total. The molecular formula is C14H17N3O. The number of nitrogens with one attached hydrogen (secondary N) is 1. The van der Waals surface area contributed by atoms with Gasteiger partial charge in [-0.1, -0.05) is 12.1 Å². The van der Waals surface area contributed by atoms with Crippen molar-refractivity contribution in [1.82, 2.24) is 15.3 Å². The Kier molecular flexibility index (Phi) is 3.89. The van der Waals surface area contributed by atoms with Gasteiger partial charge in [0.2, 0.25) is 5.88 Å². The second-order valence-corrected chi connectivity index (χ2v) is 4.18. The van der Waals surface area contributed by atoms with Gasteiger partial charge in [0.1, 0.15) is 5.75 Å². The first-order chi connectivity index (χ1) is 8.69. The highest BCUT2D eigenvalue weighted by atomic mass is 16.5. The third kappa shape index (κ3) is 3.05. The van der Waals surface area contributed by atoms with E-state index in [1.807, 2.05) is 39.1 Å². The molecule has 0 aliphatic heterocycles. The van der Waals surface area contributed by atoms with Crippen molar-refractivity contribution in [2.45, 2.75) is 20.4 Å². The molecule has 4 nitrogen and oxygen atoms in total. The summed E-state index contributed by atoms with van der Waals surface area (Å²) in [7, 11) is 1.92. The van der Waals surface area contributed by atoms with E-state index in [2.05, 4.69) is 21.4 Å². The molecule has 0 saturated heterocycles. The molecule has 4 heteroatoms. The minimum absolute atomic E-state index is 0.566. The summed E-state index contributed by atoms with van der Waals surface area (Å²) in [4.78, 5) is 8.58. The molecule has 2 aromatic rings. The number of benzene rings is 1. The number of aryl methyl sites for hydroxylation is 2. The maximum Gasteiger partial charge on any atom is 0.241 e. The van der Waals surface area contributed by atoms with E-state index < -0.39 is 0 Å². The van der Waals surface area contributed by atoms with E-state index in [0.29, 0.717) is 5.88 Å². The lowest BCUT2D eigenvalue weighted by atomic mass is 10.2. The van der Waals surface area contributed by atoms with Crippen molar-refractivity contribution in [2.24, 2.45) is 0 Å². The Morgan fingerprint density at radius 2 is 2.11 bits per heavy atom. The molecule has 2 rings (SSSR count). The summed E-state index contributed by atoms with van der Waals surface area (Å²) in [6, 6.07) is 7.95. The maximum absolute atomic E-state index is 5.78. The second-order valence-electron chi connectivity index (χ2n) is 4.18. The van der Waals surface area contributed by atoms with Gasteiger partial charge in [-0.25, -0.2) is 4.98 Å². The Bertz CT molecular complexity index is 540. The zero-order chi connectivity index (χ0) is 13.0. The van der Waals surface area contributed by atoms with Crippen LogP contribution in [-0.2, 0) is 6.54 Å². The first kappa shape index (κ1) is 12.5. The van der Waals surface area contributed by atoms with E-state index in [0.717, 1.165) is 23.7 Å². The number of ether oxygens (including phenoxy) is 1. The van der Waals surface area contributed by atoms with Gasteiger partial charge in [0, 0.05) is 12.7 Å². The molecular weight excluding hydrogens is 226 g/mol. The van der Waals surface area contributed by atoms with Crippen LogP contribution in [0.1, 0.15) is 17.0 Å². The predicted molar refractivity (Wildman–Crippen MR) is 70.8 cm³/mol. The van der Waals surface area contributed by atoms with Crippen molar-refractivity contribution in [3.8, 4) is 11.6 Å². The van der Waals surface area contributed by atoms with Crippen LogP contribution in [0.3, 0.4) is 0 Å². The summed E-state index contributed by atoms with van der Waals surface area (Å²) in [6.07, 6.45) is 1.74. The quantitative estimate of drug-likeness (QED) is 0.896. The second kappa shape index (κ2) is 5.60. The highest BCUT2D eigenvalue weighted by molar-refractivity contribution is 5.32. The average Bonchev–Trinajstić information content (AvgIpc) is 2.35. The Morgan fingerprint density at radius 1 is 1.28 bits per heavy atom. The van der Waals surface area contributed by atoms with Crippen molar-refractivity contribution >= 4 is 0 Å². The summed E-state index contributed by atoms with van der Waals surface area (Å²) in [6.45, 7) is 4.60. The fourth-order valence-electron chi connectivity index (χ4n) is 1.65. The van der Waals surface area contributed by atoms with Gasteiger partial charge in [0.05, 0.1) is 11.4 Å². The predicted octanol–water partition coefficient (Wildman–Crippen LogP) is 2.61. The van der Waals surface area contributed by atoms with E-state index in [1.165, 1.54) is 5.56 Å². The average molecular weight is 243 g/mol. The van der Waals surface area contributed by atoms with E-state index in [-0.39, 0.29) is 0 Å². The maximum atomic E-state index is 5.78. The molecule has 1 aromatic carbocycles. The number of hydrogen-bond donors (Lipinski definition) is 1. The molecule has 0 bridgehead atoms. The van der Waals surface area contributed by atoms with Crippen molar-refractivity contribution in [3.05, 3.63) is 47.4 Å².